The lowest BCUT2D eigenvalue weighted by atomic mass is 10.00. The van der Waals surface area contributed by atoms with E-state index < -0.39 is 0 Å². The van der Waals surface area contributed by atoms with Crippen LogP contribution < -0.4 is 4.90 Å². The Morgan fingerprint density at radius 2 is 2.22 bits per heavy atom. The quantitative estimate of drug-likeness (QED) is 0.813. The second kappa shape index (κ2) is 4.55. The summed E-state index contributed by atoms with van der Waals surface area (Å²) in [5.41, 5.74) is 0.917. The largest absolute Gasteiger partial charge is 0.353 e. The number of hydrogen-bond donors (Lipinski definition) is 0. The van der Waals surface area contributed by atoms with Crippen LogP contribution in [0.15, 0.2) is 12.5 Å². The Bertz CT molecular complexity index is 547. The number of hydrogen-bond acceptors (Lipinski definition) is 4. The summed E-state index contributed by atoms with van der Waals surface area (Å²) in [6, 6.07) is 0.608. The normalized spacial score (nSPS) is 20.6. The van der Waals surface area contributed by atoms with E-state index in [1.165, 1.54) is 25.7 Å². The molecule has 1 aliphatic heterocycles. The molecule has 1 unspecified atom stereocenters. The molecule has 0 aliphatic carbocycles. The van der Waals surface area contributed by atoms with Crippen molar-refractivity contribution in [1.82, 2.24) is 19.7 Å². The van der Waals surface area contributed by atoms with Crippen molar-refractivity contribution in [2.45, 2.75) is 38.6 Å². The molecule has 0 bridgehead atoms. The highest BCUT2D eigenvalue weighted by Gasteiger charge is 2.24. The van der Waals surface area contributed by atoms with E-state index >= 15 is 0 Å². The van der Waals surface area contributed by atoms with E-state index in [1.807, 2.05) is 17.9 Å². The van der Waals surface area contributed by atoms with Gasteiger partial charge in [-0.2, -0.15) is 5.10 Å². The summed E-state index contributed by atoms with van der Waals surface area (Å²) >= 11 is 0. The molecule has 1 aliphatic rings. The molecule has 96 valence electrons. The summed E-state index contributed by atoms with van der Waals surface area (Å²) in [5.74, 6) is 1.06. The van der Waals surface area contributed by atoms with Crippen LogP contribution in [0.1, 0.15) is 32.6 Å². The first-order valence-electron chi connectivity index (χ1n) is 6.70. The van der Waals surface area contributed by atoms with E-state index in [1.54, 1.807) is 6.33 Å². The van der Waals surface area contributed by atoms with Crippen molar-refractivity contribution in [3.63, 3.8) is 0 Å². The number of aromatic nitrogens is 4. The van der Waals surface area contributed by atoms with E-state index in [4.69, 9.17) is 0 Å². The molecular formula is C13H19N5. The van der Waals surface area contributed by atoms with E-state index in [-0.39, 0.29) is 0 Å². The first-order valence-corrected chi connectivity index (χ1v) is 6.70. The van der Waals surface area contributed by atoms with Gasteiger partial charge in [-0.05, 0) is 25.7 Å². The molecule has 2 aromatic rings. The number of fused-ring (bicyclic) bond motifs is 1. The molecule has 3 heterocycles. The first kappa shape index (κ1) is 11.4. The predicted molar refractivity (Wildman–Crippen MR) is 71.6 cm³/mol. The molecular weight excluding hydrogens is 226 g/mol. The van der Waals surface area contributed by atoms with Gasteiger partial charge in [-0.3, -0.25) is 4.68 Å². The maximum Gasteiger partial charge on any atom is 0.163 e. The minimum absolute atomic E-state index is 0.608. The van der Waals surface area contributed by atoms with Crippen LogP contribution in [0.2, 0.25) is 0 Å². The molecule has 1 atom stereocenters. The lowest BCUT2D eigenvalue weighted by Crippen LogP contribution is -2.39. The Balaban J connectivity index is 2.07. The summed E-state index contributed by atoms with van der Waals surface area (Å²) in [6.07, 6.45) is 8.55. The van der Waals surface area contributed by atoms with E-state index in [0.717, 1.165) is 23.4 Å². The summed E-state index contributed by atoms with van der Waals surface area (Å²) in [5, 5.41) is 5.36. The number of piperidine rings is 1. The monoisotopic (exact) mass is 245 g/mol. The van der Waals surface area contributed by atoms with Crippen LogP contribution in [0.3, 0.4) is 0 Å². The number of anilines is 1. The Kier molecular flexibility index (Phi) is 2.89. The molecule has 0 spiro atoms. The average Bonchev–Trinajstić information content (AvgIpc) is 2.81. The zero-order chi connectivity index (χ0) is 12.5. The molecule has 0 radical (unpaired) electrons. The number of rotatable bonds is 2. The summed E-state index contributed by atoms with van der Waals surface area (Å²) in [6.45, 7) is 3.35. The lowest BCUT2D eigenvalue weighted by Gasteiger charge is -2.36. The fourth-order valence-electron chi connectivity index (χ4n) is 2.88. The van der Waals surface area contributed by atoms with Crippen molar-refractivity contribution >= 4 is 16.9 Å². The molecule has 3 rings (SSSR count). The molecule has 1 saturated heterocycles. The maximum absolute atomic E-state index is 4.50. The van der Waals surface area contributed by atoms with Crippen LogP contribution in [0.5, 0.6) is 0 Å². The molecule has 0 saturated carbocycles. The van der Waals surface area contributed by atoms with Crippen LogP contribution in [-0.2, 0) is 7.05 Å². The molecule has 18 heavy (non-hydrogen) atoms. The van der Waals surface area contributed by atoms with Crippen LogP contribution in [0.25, 0.3) is 11.0 Å². The molecule has 0 amide bonds. The fourth-order valence-corrected chi connectivity index (χ4v) is 2.88. The second-order valence-corrected chi connectivity index (χ2v) is 4.95. The van der Waals surface area contributed by atoms with Crippen molar-refractivity contribution in [3.05, 3.63) is 12.5 Å². The van der Waals surface area contributed by atoms with Gasteiger partial charge in [0.25, 0.3) is 0 Å². The van der Waals surface area contributed by atoms with E-state index in [2.05, 4.69) is 26.9 Å². The van der Waals surface area contributed by atoms with Gasteiger partial charge in [-0.1, -0.05) is 6.92 Å². The fraction of sp³-hybridized carbons (Fsp3) is 0.615. The van der Waals surface area contributed by atoms with Crippen molar-refractivity contribution in [1.29, 1.82) is 0 Å². The van der Waals surface area contributed by atoms with Crippen LogP contribution in [-0.4, -0.2) is 32.3 Å². The Hall–Kier alpha value is -1.65. The SMILES string of the molecule is CCC1CCCCN1c1ncnc2c1cnn2C. The van der Waals surface area contributed by atoms with Gasteiger partial charge in [0.05, 0.1) is 11.6 Å². The molecule has 1 fully saturated rings. The topological polar surface area (TPSA) is 46.8 Å². The van der Waals surface area contributed by atoms with E-state index in [0.29, 0.717) is 6.04 Å². The highest BCUT2D eigenvalue weighted by atomic mass is 15.3. The number of nitrogens with zero attached hydrogens (tertiary/aromatic N) is 5. The molecule has 0 aromatic carbocycles. The highest BCUT2D eigenvalue weighted by Crippen LogP contribution is 2.29. The first-order chi connectivity index (χ1) is 8.81. The minimum Gasteiger partial charge on any atom is -0.353 e. The zero-order valence-corrected chi connectivity index (χ0v) is 11.0. The smallest absolute Gasteiger partial charge is 0.163 e. The standard InChI is InChI=1S/C13H19N5/c1-3-10-6-4-5-7-18(10)13-11-8-16-17(2)12(11)14-9-15-13/h8-10H,3-7H2,1-2H3. The van der Waals surface area contributed by atoms with Crippen molar-refractivity contribution in [2.75, 3.05) is 11.4 Å². The van der Waals surface area contributed by atoms with Crippen molar-refractivity contribution in [2.24, 2.45) is 7.05 Å². The van der Waals surface area contributed by atoms with Gasteiger partial charge >= 0.3 is 0 Å². The third-order valence-corrected chi connectivity index (χ3v) is 3.88. The lowest BCUT2D eigenvalue weighted by molar-refractivity contribution is 0.448. The van der Waals surface area contributed by atoms with Gasteiger partial charge in [0.2, 0.25) is 0 Å². The number of aryl methyl sites for hydroxylation is 1. The average molecular weight is 245 g/mol. The summed E-state index contributed by atoms with van der Waals surface area (Å²) in [4.78, 5) is 11.3. The molecule has 2 aromatic heterocycles. The molecule has 5 nitrogen and oxygen atoms in total. The van der Waals surface area contributed by atoms with Gasteiger partial charge in [0.1, 0.15) is 12.1 Å². The van der Waals surface area contributed by atoms with Gasteiger partial charge < -0.3 is 4.90 Å². The molecule has 5 heteroatoms. The van der Waals surface area contributed by atoms with Gasteiger partial charge in [-0.25, -0.2) is 9.97 Å². The summed E-state index contributed by atoms with van der Waals surface area (Å²) in [7, 11) is 1.92. The Morgan fingerprint density at radius 1 is 1.33 bits per heavy atom. The maximum atomic E-state index is 4.50. The Labute approximate surface area is 107 Å². The van der Waals surface area contributed by atoms with Crippen LogP contribution in [0, 0.1) is 0 Å². The van der Waals surface area contributed by atoms with Gasteiger partial charge in [-0.15, -0.1) is 0 Å². The Morgan fingerprint density at radius 3 is 3.06 bits per heavy atom. The van der Waals surface area contributed by atoms with Crippen molar-refractivity contribution in [3.8, 4) is 0 Å². The van der Waals surface area contributed by atoms with Crippen molar-refractivity contribution < 1.29 is 0 Å². The third-order valence-electron chi connectivity index (χ3n) is 3.88. The highest BCUT2D eigenvalue weighted by molar-refractivity contribution is 5.86. The zero-order valence-electron chi connectivity index (χ0n) is 11.0. The van der Waals surface area contributed by atoms with Crippen LogP contribution in [0.4, 0.5) is 5.82 Å². The molecule has 0 N–H and O–H groups in total. The third kappa shape index (κ3) is 1.74. The minimum atomic E-state index is 0.608. The van der Waals surface area contributed by atoms with E-state index in [9.17, 15) is 0 Å². The van der Waals surface area contributed by atoms with Gasteiger partial charge in [0.15, 0.2) is 5.65 Å². The van der Waals surface area contributed by atoms with Gasteiger partial charge in [0, 0.05) is 19.6 Å². The second-order valence-electron chi connectivity index (χ2n) is 4.95. The predicted octanol–water partition coefficient (Wildman–Crippen LogP) is 2.13. The summed E-state index contributed by atoms with van der Waals surface area (Å²) < 4.78 is 1.81. The van der Waals surface area contributed by atoms with Crippen LogP contribution >= 0.6 is 0 Å².